The van der Waals surface area contributed by atoms with Gasteiger partial charge in [-0.15, -0.1) is 0 Å². The molecule has 3 aromatic rings. The molecular weight excluding hydrogens is 602 g/mol. The van der Waals surface area contributed by atoms with Crippen LogP contribution in [-0.2, 0) is 37.3 Å². The Hall–Kier alpha value is -5.51. The summed E-state index contributed by atoms with van der Waals surface area (Å²) in [5, 5.41) is 22.0. The molecule has 0 saturated carbocycles. The minimum atomic E-state index is -3.65. The van der Waals surface area contributed by atoms with Crippen LogP contribution in [0.4, 0.5) is 11.4 Å². The van der Waals surface area contributed by atoms with E-state index in [9.17, 15) is 47.8 Å². The van der Waals surface area contributed by atoms with Gasteiger partial charge in [0.2, 0.25) is 0 Å². The molecule has 16 heteroatoms. The average Bonchev–Trinajstić information content (AvgIpc) is 3.23. The molecule has 228 valence electrons. The van der Waals surface area contributed by atoms with Crippen molar-refractivity contribution in [1.29, 1.82) is 0 Å². The minimum absolute atomic E-state index is 0.127. The van der Waals surface area contributed by atoms with Crippen molar-refractivity contribution in [3.8, 4) is 0 Å². The van der Waals surface area contributed by atoms with Crippen LogP contribution in [0.5, 0.6) is 0 Å². The Morgan fingerprint density at radius 2 is 1.36 bits per heavy atom. The summed E-state index contributed by atoms with van der Waals surface area (Å²) < 4.78 is 34.2. The smallest absolute Gasteiger partial charge is 0.338 e. The lowest BCUT2D eigenvalue weighted by Crippen LogP contribution is -2.46. The summed E-state index contributed by atoms with van der Waals surface area (Å²) >= 11 is 0. The number of rotatable bonds is 12. The molecule has 0 unspecified atom stereocenters. The van der Waals surface area contributed by atoms with E-state index >= 15 is 0 Å². The zero-order chi connectivity index (χ0) is 32.2. The highest BCUT2D eigenvalue weighted by Crippen LogP contribution is 2.28. The van der Waals surface area contributed by atoms with Crippen molar-refractivity contribution in [2.24, 2.45) is 0 Å². The number of benzene rings is 3. The Labute approximate surface area is 249 Å². The maximum atomic E-state index is 13.4. The summed E-state index contributed by atoms with van der Waals surface area (Å²) in [7, 11) is -3.65. The summed E-state index contributed by atoms with van der Waals surface area (Å²) in [6.45, 7) is -0.778. The third kappa shape index (κ3) is 7.27. The molecule has 0 spiro atoms. The van der Waals surface area contributed by atoms with Crippen molar-refractivity contribution in [2.75, 3.05) is 12.0 Å². The summed E-state index contributed by atoms with van der Waals surface area (Å²) in [6.07, 6.45) is 0.419. The van der Waals surface area contributed by atoms with Crippen LogP contribution in [0.2, 0.25) is 0 Å². The van der Waals surface area contributed by atoms with Crippen LogP contribution in [-0.4, -0.2) is 65.0 Å². The predicted octanol–water partition coefficient (Wildman–Crippen LogP) is 3.00. The zero-order valence-electron chi connectivity index (χ0n) is 22.9. The van der Waals surface area contributed by atoms with E-state index < -0.39 is 68.3 Å². The van der Waals surface area contributed by atoms with Gasteiger partial charge in [-0.3, -0.25) is 34.7 Å². The molecule has 0 fully saturated rings. The monoisotopic (exact) mass is 625 g/mol. The molecule has 4 rings (SSSR count). The van der Waals surface area contributed by atoms with Gasteiger partial charge in [0.25, 0.3) is 23.2 Å². The molecule has 1 atom stereocenters. The first-order valence-electron chi connectivity index (χ1n) is 12.8. The predicted molar refractivity (Wildman–Crippen MR) is 150 cm³/mol. The number of fused-ring (bicyclic) bond motifs is 1. The summed E-state index contributed by atoms with van der Waals surface area (Å²) in [5.74, 6) is -4.50. The van der Waals surface area contributed by atoms with E-state index in [-0.39, 0.29) is 40.2 Å². The van der Waals surface area contributed by atoms with Crippen LogP contribution in [0.3, 0.4) is 0 Å². The molecule has 0 aromatic heterocycles. The number of hydrogen-bond donors (Lipinski definition) is 0. The van der Waals surface area contributed by atoms with Crippen LogP contribution in [0.1, 0.15) is 48.6 Å². The molecular formula is C28H23N3O12S. The molecule has 0 N–H and O–H groups in total. The highest BCUT2D eigenvalue weighted by molar-refractivity contribution is 7.90. The second-order valence-electron chi connectivity index (χ2n) is 9.71. The third-order valence-electron chi connectivity index (χ3n) is 6.49. The van der Waals surface area contributed by atoms with Crippen molar-refractivity contribution >= 4 is 45.0 Å². The third-order valence-corrected chi connectivity index (χ3v) is 7.47. The number of carbonyl (C=O) groups is 4. The number of hydrogen-bond acceptors (Lipinski definition) is 12. The molecule has 2 amide bonds. The van der Waals surface area contributed by atoms with E-state index in [0.717, 1.165) is 12.3 Å². The fourth-order valence-electron chi connectivity index (χ4n) is 4.35. The minimum Gasteiger partial charge on any atom is -0.459 e. The highest BCUT2D eigenvalue weighted by atomic mass is 32.2. The number of nitro groups is 2. The summed E-state index contributed by atoms with van der Waals surface area (Å²) in [5.41, 5.74) is -0.399. The van der Waals surface area contributed by atoms with E-state index in [1.54, 1.807) is 0 Å². The van der Waals surface area contributed by atoms with Gasteiger partial charge in [0.1, 0.15) is 29.1 Å². The zero-order valence-corrected chi connectivity index (χ0v) is 23.7. The van der Waals surface area contributed by atoms with E-state index in [1.807, 2.05) is 0 Å². The van der Waals surface area contributed by atoms with Crippen LogP contribution < -0.4 is 0 Å². The fraction of sp³-hybridized carbons (Fsp3) is 0.214. The van der Waals surface area contributed by atoms with Crippen molar-refractivity contribution in [1.82, 2.24) is 4.90 Å². The standard InChI is InChI=1S/C28H23N3O12S/c1-44(40,41)11-10-24(28(35)43-16-18-5-3-7-21(13-18)31(38)39)29-25(32)22-9-8-19(14-23(22)26(29)33)27(34)42-15-17-4-2-6-20(12-17)30(36)37/h2-9,12-14,24H,10-11,15-16H2,1H3/t24-/m1/s1. The molecule has 1 aliphatic rings. The Bertz CT molecular complexity index is 1800. The van der Waals surface area contributed by atoms with Gasteiger partial charge in [0.15, 0.2) is 0 Å². The normalized spacial score (nSPS) is 13.2. The number of imide groups is 1. The van der Waals surface area contributed by atoms with Gasteiger partial charge in [-0.2, -0.15) is 0 Å². The second kappa shape index (κ2) is 12.8. The Morgan fingerprint density at radius 1 is 0.818 bits per heavy atom. The number of nitrogens with zero attached hydrogens (tertiary/aromatic N) is 3. The maximum absolute atomic E-state index is 13.4. The van der Waals surface area contributed by atoms with E-state index in [1.165, 1.54) is 60.7 Å². The van der Waals surface area contributed by atoms with E-state index in [0.29, 0.717) is 10.5 Å². The van der Waals surface area contributed by atoms with Crippen LogP contribution in [0.25, 0.3) is 0 Å². The van der Waals surface area contributed by atoms with Crippen molar-refractivity contribution in [3.63, 3.8) is 0 Å². The fourth-order valence-corrected chi connectivity index (χ4v) is 5.00. The van der Waals surface area contributed by atoms with E-state index in [4.69, 9.17) is 9.47 Å². The van der Waals surface area contributed by atoms with Gasteiger partial charge in [-0.05, 0) is 35.7 Å². The molecule has 0 bridgehead atoms. The number of sulfone groups is 1. The largest absolute Gasteiger partial charge is 0.459 e. The highest BCUT2D eigenvalue weighted by Gasteiger charge is 2.44. The van der Waals surface area contributed by atoms with E-state index in [2.05, 4.69) is 0 Å². The maximum Gasteiger partial charge on any atom is 0.338 e. The van der Waals surface area contributed by atoms with Gasteiger partial charge >= 0.3 is 11.9 Å². The van der Waals surface area contributed by atoms with Crippen LogP contribution >= 0.6 is 0 Å². The number of amides is 2. The van der Waals surface area contributed by atoms with Gasteiger partial charge < -0.3 is 9.47 Å². The van der Waals surface area contributed by atoms with Crippen LogP contribution in [0.15, 0.2) is 66.7 Å². The molecule has 1 heterocycles. The van der Waals surface area contributed by atoms with Gasteiger partial charge in [-0.1, -0.05) is 24.3 Å². The van der Waals surface area contributed by atoms with Crippen LogP contribution in [0, 0.1) is 20.2 Å². The second-order valence-corrected chi connectivity index (χ2v) is 12.0. The first-order chi connectivity index (χ1) is 20.7. The number of non-ortho nitro benzene ring substituents is 2. The SMILES string of the molecule is CS(=O)(=O)CC[C@H](C(=O)OCc1cccc([N+](=O)[O-])c1)N1C(=O)c2ccc(C(=O)OCc3cccc([N+](=O)[O-])c3)cc2C1=O. The molecule has 44 heavy (non-hydrogen) atoms. The molecule has 15 nitrogen and oxygen atoms in total. The van der Waals surface area contributed by atoms with Gasteiger partial charge in [0.05, 0.1) is 32.3 Å². The molecule has 1 aliphatic heterocycles. The number of esters is 2. The Kier molecular flexibility index (Phi) is 9.13. The Morgan fingerprint density at radius 3 is 1.91 bits per heavy atom. The van der Waals surface area contributed by atoms with Gasteiger partial charge in [-0.25, -0.2) is 18.0 Å². The summed E-state index contributed by atoms with van der Waals surface area (Å²) in [6, 6.07) is 12.5. The number of nitro benzene ring substituents is 2. The average molecular weight is 626 g/mol. The Balaban J connectivity index is 1.53. The lowest BCUT2D eigenvalue weighted by Gasteiger charge is -2.24. The lowest BCUT2D eigenvalue weighted by molar-refractivity contribution is -0.385. The first-order valence-corrected chi connectivity index (χ1v) is 14.8. The first kappa shape index (κ1) is 31.4. The molecule has 3 aromatic carbocycles. The topological polar surface area (TPSA) is 210 Å². The number of carbonyl (C=O) groups excluding carboxylic acids is 4. The van der Waals surface area contributed by atoms with Crippen molar-refractivity contribution in [3.05, 3.63) is 115 Å². The summed E-state index contributed by atoms with van der Waals surface area (Å²) in [4.78, 5) is 73.8. The lowest BCUT2D eigenvalue weighted by atomic mass is 10.1. The molecule has 0 aliphatic carbocycles. The van der Waals surface area contributed by atoms with Crippen molar-refractivity contribution in [2.45, 2.75) is 25.7 Å². The number of ether oxygens (including phenoxy) is 2. The van der Waals surface area contributed by atoms with Gasteiger partial charge in [0, 0.05) is 30.5 Å². The molecule has 0 radical (unpaired) electrons. The quantitative estimate of drug-likeness (QED) is 0.123. The van der Waals surface area contributed by atoms with Crippen molar-refractivity contribution < 1.29 is 46.9 Å². The molecule has 0 saturated heterocycles.